The number of hydrogen-bond acceptors (Lipinski definition) is 5. The molecule has 0 radical (unpaired) electrons. The van der Waals surface area contributed by atoms with Gasteiger partial charge in [0, 0.05) is 44.8 Å². The van der Waals surface area contributed by atoms with Crippen LogP contribution in [0.4, 0.5) is 0 Å². The molecule has 1 N–H and O–H groups in total. The van der Waals surface area contributed by atoms with E-state index in [0.717, 1.165) is 38.8 Å². The lowest BCUT2D eigenvalue weighted by atomic mass is 9.94. The molecule has 2 aliphatic heterocycles. The van der Waals surface area contributed by atoms with Gasteiger partial charge in [0.1, 0.15) is 11.2 Å². The summed E-state index contributed by atoms with van der Waals surface area (Å²) in [6, 6.07) is 1.76. The molecule has 0 bridgehead atoms. The van der Waals surface area contributed by atoms with Gasteiger partial charge in [-0.2, -0.15) is 5.10 Å². The van der Waals surface area contributed by atoms with Crippen molar-refractivity contribution >= 4 is 17.7 Å². The molecule has 1 aliphatic carbocycles. The molecule has 3 heterocycles. The number of fused-ring (bicyclic) bond motifs is 1. The van der Waals surface area contributed by atoms with Gasteiger partial charge in [-0.25, -0.2) is 0 Å². The predicted octanol–water partition coefficient (Wildman–Crippen LogP) is 0.564. The van der Waals surface area contributed by atoms with Gasteiger partial charge < -0.3 is 20.0 Å². The van der Waals surface area contributed by atoms with E-state index in [9.17, 15) is 14.4 Å². The lowest BCUT2D eigenvalue weighted by Gasteiger charge is -2.43. The van der Waals surface area contributed by atoms with E-state index >= 15 is 0 Å². The van der Waals surface area contributed by atoms with Gasteiger partial charge in [-0.05, 0) is 33.7 Å². The number of rotatable bonds is 4. The van der Waals surface area contributed by atoms with Crippen molar-refractivity contribution in [3.63, 3.8) is 0 Å². The molecule has 9 nitrogen and oxygen atoms in total. The number of amides is 3. The highest BCUT2D eigenvalue weighted by Gasteiger charge is 2.48. The number of carbonyl (C=O) groups excluding carboxylic acids is 3. The minimum absolute atomic E-state index is 0.141. The van der Waals surface area contributed by atoms with E-state index < -0.39 is 5.54 Å². The SMILES string of the molecule is CCN1C(=O)c2cc(C(=O)N3CCN(C)CC3)nn2C[C@]1(C)C(=O)NC1CCCC1. The number of nitrogens with zero attached hydrogens (tertiary/aromatic N) is 5. The fraction of sp³-hybridized carbons (Fsp3) is 0.714. The normalized spacial score (nSPS) is 25.5. The molecule has 30 heavy (non-hydrogen) atoms. The number of aromatic nitrogens is 2. The van der Waals surface area contributed by atoms with Crippen LogP contribution in [0.15, 0.2) is 6.07 Å². The van der Waals surface area contributed by atoms with Gasteiger partial charge >= 0.3 is 0 Å². The summed E-state index contributed by atoms with van der Waals surface area (Å²) in [5.74, 6) is -0.548. The Labute approximate surface area is 177 Å². The zero-order valence-corrected chi connectivity index (χ0v) is 18.2. The molecule has 4 rings (SSSR count). The van der Waals surface area contributed by atoms with Crippen molar-refractivity contribution in [3.05, 3.63) is 17.5 Å². The average Bonchev–Trinajstić information content (AvgIpc) is 3.38. The van der Waals surface area contributed by atoms with Crippen molar-refractivity contribution in [2.45, 2.75) is 57.7 Å². The highest BCUT2D eigenvalue weighted by atomic mass is 16.2. The molecule has 1 saturated carbocycles. The third-order valence-electron chi connectivity index (χ3n) is 6.80. The van der Waals surface area contributed by atoms with Gasteiger partial charge in [-0.3, -0.25) is 19.1 Å². The fourth-order valence-electron chi connectivity index (χ4n) is 4.82. The Bertz CT molecular complexity index is 838. The Kier molecular flexibility index (Phi) is 5.57. The van der Waals surface area contributed by atoms with Crippen LogP contribution >= 0.6 is 0 Å². The first-order valence-corrected chi connectivity index (χ1v) is 11.0. The molecule has 0 unspecified atom stereocenters. The highest BCUT2D eigenvalue weighted by molar-refractivity contribution is 6.02. The van der Waals surface area contributed by atoms with Crippen LogP contribution in [0.2, 0.25) is 0 Å². The maximum atomic E-state index is 13.2. The molecule has 0 spiro atoms. The van der Waals surface area contributed by atoms with E-state index in [2.05, 4.69) is 15.3 Å². The minimum atomic E-state index is -1.03. The summed E-state index contributed by atoms with van der Waals surface area (Å²) in [6.07, 6.45) is 4.22. The first-order chi connectivity index (χ1) is 14.3. The maximum Gasteiger partial charge on any atom is 0.274 e. The van der Waals surface area contributed by atoms with E-state index in [1.165, 1.54) is 0 Å². The Morgan fingerprint density at radius 2 is 1.87 bits per heavy atom. The summed E-state index contributed by atoms with van der Waals surface area (Å²) < 4.78 is 1.55. The zero-order chi connectivity index (χ0) is 21.5. The largest absolute Gasteiger partial charge is 0.351 e. The number of piperazine rings is 1. The molecule has 2 fully saturated rings. The van der Waals surface area contributed by atoms with Crippen LogP contribution in [0.5, 0.6) is 0 Å². The molecular weight excluding hydrogens is 384 g/mol. The van der Waals surface area contributed by atoms with E-state index in [1.807, 2.05) is 14.0 Å². The summed E-state index contributed by atoms with van der Waals surface area (Å²) in [5.41, 5.74) is -0.374. The third-order valence-corrected chi connectivity index (χ3v) is 6.80. The van der Waals surface area contributed by atoms with Gasteiger partial charge in [0.15, 0.2) is 5.69 Å². The molecule has 3 amide bonds. The predicted molar refractivity (Wildman–Crippen MR) is 111 cm³/mol. The van der Waals surface area contributed by atoms with Crippen molar-refractivity contribution in [1.82, 2.24) is 29.8 Å². The van der Waals surface area contributed by atoms with Crippen molar-refractivity contribution < 1.29 is 14.4 Å². The lowest BCUT2D eigenvalue weighted by Crippen LogP contribution is -2.64. The third kappa shape index (κ3) is 3.59. The van der Waals surface area contributed by atoms with Gasteiger partial charge in [0.25, 0.3) is 11.8 Å². The first kappa shape index (κ1) is 20.8. The maximum absolute atomic E-state index is 13.2. The standard InChI is InChI=1S/C21H32N6O3/c1-4-26-19(29)17-13-16(18(28)25-11-9-24(3)10-12-25)23-27(17)14-21(26,2)20(30)22-15-7-5-6-8-15/h13,15H,4-12,14H2,1-3H3,(H,22,30)/t21-/m1/s1. The first-order valence-electron chi connectivity index (χ1n) is 11.0. The van der Waals surface area contributed by atoms with Crippen LogP contribution in [-0.2, 0) is 11.3 Å². The minimum Gasteiger partial charge on any atom is -0.351 e. The molecule has 9 heteroatoms. The van der Waals surface area contributed by atoms with E-state index in [4.69, 9.17) is 0 Å². The molecule has 0 aromatic carbocycles. The fourth-order valence-corrected chi connectivity index (χ4v) is 4.82. The van der Waals surface area contributed by atoms with Crippen LogP contribution < -0.4 is 5.32 Å². The monoisotopic (exact) mass is 416 g/mol. The summed E-state index contributed by atoms with van der Waals surface area (Å²) in [4.78, 5) is 44.9. The van der Waals surface area contributed by atoms with E-state index in [1.54, 1.807) is 27.5 Å². The Balaban J connectivity index is 1.57. The van der Waals surface area contributed by atoms with Crippen molar-refractivity contribution in [3.8, 4) is 0 Å². The number of nitrogens with one attached hydrogen (secondary N) is 1. The Morgan fingerprint density at radius 3 is 2.50 bits per heavy atom. The Morgan fingerprint density at radius 1 is 1.20 bits per heavy atom. The topological polar surface area (TPSA) is 90.8 Å². The summed E-state index contributed by atoms with van der Waals surface area (Å²) in [6.45, 7) is 7.27. The second-order valence-electron chi connectivity index (χ2n) is 8.95. The molecule has 1 aromatic heterocycles. The summed E-state index contributed by atoms with van der Waals surface area (Å²) in [7, 11) is 2.03. The zero-order valence-electron chi connectivity index (χ0n) is 18.2. The number of hydrogen-bond donors (Lipinski definition) is 1. The van der Waals surface area contributed by atoms with Gasteiger partial charge in [-0.1, -0.05) is 12.8 Å². The molecule has 3 aliphatic rings. The van der Waals surface area contributed by atoms with E-state index in [-0.39, 0.29) is 36.0 Å². The lowest BCUT2D eigenvalue weighted by molar-refractivity contribution is -0.133. The summed E-state index contributed by atoms with van der Waals surface area (Å²) in [5, 5.41) is 7.59. The second-order valence-corrected chi connectivity index (χ2v) is 8.95. The molecule has 1 saturated heterocycles. The highest BCUT2D eigenvalue weighted by Crippen LogP contribution is 2.29. The van der Waals surface area contributed by atoms with Crippen molar-refractivity contribution in [2.75, 3.05) is 39.8 Å². The number of likely N-dealkylation sites (N-methyl/N-ethyl adjacent to an activating group) is 2. The molecule has 1 atom stereocenters. The smallest absolute Gasteiger partial charge is 0.274 e. The second kappa shape index (κ2) is 8.02. The van der Waals surface area contributed by atoms with Crippen LogP contribution in [0.25, 0.3) is 0 Å². The van der Waals surface area contributed by atoms with E-state index in [0.29, 0.717) is 25.3 Å². The summed E-state index contributed by atoms with van der Waals surface area (Å²) >= 11 is 0. The van der Waals surface area contributed by atoms with Gasteiger partial charge in [0.2, 0.25) is 5.91 Å². The van der Waals surface area contributed by atoms with Crippen molar-refractivity contribution in [1.29, 1.82) is 0 Å². The van der Waals surface area contributed by atoms with Crippen LogP contribution in [-0.4, -0.2) is 93.6 Å². The average molecular weight is 417 g/mol. The van der Waals surface area contributed by atoms with Crippen LogP contribution in [0, 0.1) is 0 Å². The van der Waals surface area contributed by atoms with Crippen LogP contribution in [0.3, 0.4) is 0 Å². The number of carbonyl (C=O) groups is 3. The molecule has 164 valence electrons. The van der Waals surface area contributed by atoms with Crippen LogP contribution in [0.1, 0.15) is 60.5 Å². The molecule has 1 aromatic rings. The van der Waals surface area contributed by atoms with Gasteiger partial charge in [-0.15, -0.1) is 0 Å². The molecular formula is C21H32N6O3. The Hall–Kier alpha value is -2.42. The quantitative estimate of drug-likeness (QED) is 0.775. The van der Waals surface area contributed by atoms with Gasteiger partial charge in [0.05, 0.1) is 6.54 Å². The van der Waals surface area contributed by atoms with Crippen molar-refractivity contribution in [2.24, 2.45) is 0 Å².